The minimum Gasteiger partial charge on any atom is -0.271 e. The van der Waals surface area contributed by atoms with Crippen LogP contribution in [0.4, 0.5) is 0 Å². The first-order valence-electron chi connectivity index (χ1n) is 9.74. The molecule has 150 valence electrons. The van der Waals surface area contributed by atoms with Gasteiger partial charge in [0.15, 0.2) is 9.90 Å². The van der Waals surface area contributed by atoms with Crippen molar-refractivity contribution in [1.29, 1.82) is 0 Å². The van der Waals surface area contributed by atoms with Gasteiger partial charge in [-0.05, 0) is 17.2 Å². The molecule has 2 aromatic heterocycles. The molecule has 3 heterocycles. The molecular weight excluding hydrogens is 426 g/mol. The molecule has 0 fully saturated rings. The summed E-state index contributed by atoms with van der Waals surface area (Å²) in [5.41, 5.74) is 4.93. The van der Waals surface area contributed by atoms with E-state index in [4.69, 9.17) is 4.98 Å². The molecule has 1 amide bonds. The van der Waals surface area contributed by atoms with Crippen LogP contribution in [0.2, 0.25) is 0 Å². The predicted octanol–water partition coefficient (Wildman–Crippen LogP) is 4.73. The Balaban J connectivity index is 1.65. The molecule has 6 rings (SSSR count). The number of rotatable bonds is 2. The zero-order chi connectivity index (χ0) is 21.0. The number of nitrogens with one attached hydrogen (secondary N) is 1. The molecule has 1 N–H and O–H groups in total. The Bertz CT molecular complexity index is 1490. The summed E-state index contributed by atoms with van der Waals surface area (Å²) in [6, 6.07) is 27.1. The first-order valence-corrected chi connectivity index (χ1v) is 11.4. The van der Waals surface area contributed by atoms with Crippen LogP contribution in [0.1, 0.15) is 11.1 Å². The first kappa shape index (κ1) is 18.4. The van der Waals surface area contributed by atoms with E-state index in [0.717, 1.165) is 21.2 Å². The number of fused-ring (bicyclic) bond motifs is 4. The van der Waals surface area contributed by atoms with Gasteiger partial charge in [-0.1, -0.05) is 90.6 Å². The van der Waals surface area contributed by atoms with Crippen molar-refractivity contribution in [2.75, 3.05) is 5.43 Å². The molecule has 0 saturated heterocycles. The van der Waals surface area contributed by atoms with Crippen molar-refractivity contribution >= 4 is 49.3 Å². The standard InChI is InChI=1S/C24H15N3O2S2/c28-21-20-19(17-13-7-8-14-18(17)30-20)25-23-27(21)26-22(29)24(31-23,15-9-3-1-4-10-15)16-11-5-2-6-12-16/h1-14H,(H,26,29). The van der Waals surface area contributed by atoms with E-state index in [1.807, 2.05) is 84.9 Å². The number of thioether (sulfide) groups is 1. The van der Waals surface area contributed by atoms with Crippen LogP contribution in [0.3, 0.4) is 0 Å². The van der Waals surface area contributed by atoms with Gasteiger partial charge in [-0.2, -0.15) is 4.68 Å². The van der Waals surface area contributed by atoms with Gasteiger partial charge in [0.05, 0.1) is 5.52 Å². The van der Waals surface area contributed by atoms with Crippen molar-refractivity contribution < 1.29 is 4.79 Å². The number of hydrogen-bond acceptors (Lipinski definition) is 5. The maximum Gasteiger partial charge on any atom is 0.291 e. The molecular formula is C24H15N3O2S2. The molecule has 0 unspecified atom stereocenters. The van der Waals surface area contributed by atoms with Gasteiger partial charge in [-0.25, -0.2) is 4.98 Å². The van der Waals surface area contributed by atoms with E-state index < -0.39 is 4.75 Å². The van der Waals surface area contributed by atoms with E-state index in [-0.39, 0.29) is 11.5 Å². The van der Waals surface area contributed by atoms with Gasteiger partial charge >= 0.3 is 0 Å². The molecule has 0 radical (unpaired) electrons. The largest absolute Gasteiger partial charge is 0.291 e. The molecule has 0 saturated carbocycles. The van der Waals surface area contributed by atoms with Gasteiger partial charge < -0.3 is 0 Å². The maximum absolute atomic E-state index is 13.6. The normalized spacial score (nSPS) is 15.0. The molecule has 3 aromatic carbocycles. The van der Waals surface area contributed by atoms with Crippen LogP contribution in [-0.2, 0) is 9.54 Å². The van der Waals surface area contributed by atoms with Crippen LogP contribution in [0.15, 0.2) is 94.9 Å². The Labute approximate surface area is 185 Å². The third-order valence-electron chi connectivity index (χ3n) is 5.50. The summed E-state index contributed by atoms with van der Waals surface area (Å²) in [7, 11) is 0. The summed E-state index contributed by atoms with van der Waals surface area (Å²) >= 11 is 2.70. The topological polar surface area (TPSA) is 64.0 Å². The molecule has 7 heteroatoms. The Hall–Kier alpha value is -3.42. The second kappa shape index (κ2) is 6.80. The lowest BCUT2D eigenvalue weighted by molar-refractivity contribution is -0.119. The Morgan fingerprint density at radius 2 is 1.42 bits per heavy atom. The van der Waals surface area contributed by atoms with Gasteiger partial charge in [0.1, 0.15) is 4.70 Å². The average molecular weight is 442 g/mol. The maximum atomic E-state index is 13.6. The minimum absolute atomic E-state index is 0.253. The molecule has 0 bridgehead atoms. The van der Waals surface area contributed by atoms with Crippen molar-refractivity contribution in [3.8, 4) is 0 Å². The van der Waals surface area contributed by atoms with E-state index >= 15 is 0 Å². The average Bonchev–Trinajstić information content (AvgIpc) is 3.19. The number of carbonyl (C=O) groups is 1. The Morgan fingerprint density at radius 1 is 0.806 bits per heavy atom. The first-order chi connectivity index (χ1) is 15.2. The van der Waals surface area contributed by atoms with Gasteiger partial charge in [0, 0.05) is 10.1 Å². The fraction of sp³-hybridized carbons (Fsp3) is 0.0417. The second-order valence-electron chi connectivity index (χ2n) is 7.27. The Kier molecular flexibility index (Phi) is 4.03. The quantitative estimate of drug-likeness (QED) is 0.402. The smallest absolute Gasteiger partial charge is 0.271 e. The summed E-state index contributed by atoms with van der Waals surface area (Å²) in [6.07, 6.45) is 0. The molecule has 5 nitrogen and oxygen atoms in total. The number of carbonyl (C=O) groups excluding carboxylic acids is 1. The van der Waals surface area contributed by atoms with Gasteiger partial charge in [0.2, 0.25) is 0 Å². The lowest BCUT2D eigenvalue weighted by Crippen LogP contribution is -2.49. The molecule has 0 atom stereocenters. The summed E-state index contributed by atoms with van der Waals surface area (Å²) < 4.78 is 1.77. The zero-order valence-electron chi connectivity index (χ0n) is 16.1. The van der Waals surface area contributed by atoms with Crippen LogP contribution < -0.4 is 11.0 Å². The van der Waals surface area contributed by atoms with Crippen LogP contribution in [0.25, 0.3) is 20.3 Å². The van der Waals surface area contributed by atoms with E-state index in [1.165, 1.54) is 27.8 Å². The molecule has 0 spiro atoms. The summed E-state index contributed by atoms with van der Waals surface area (Å²) in [6.45, 7) is 0. The third kappa shape index (κ3) is 2.60. The molecule has 31 heavy (non-hydrogen) atoms. The van der Waals surface area contributed by atoms with E-state index in [9.17, 15) is 9.59 Å². The SMILES string of the molecule is O=C1Nn2c(nc3c(sc4ccccc43)c2=O)SC1(c1ccccc1)c1ccccc1. The number of hydrogen-bond donors (Lipinski definition) is 1. The third-order valence-corrected chi connectivity index (χ3v) is 8.07. The van der Waals surface area contributed by atoms with Crippen molar-refractivity contribution in [3.63, 3.8) is 0 Å². The van der Waals surface area contributed by atoms with Gasteiger partial charge in [-0.3, -0.25) is 15.0 Å². The lowest BCUT2D eigenvalue weighted by atomic mass is 9.89. The van der Waals surface area contributed by atoms with Crippen molar-refractivity contribution in [1.82, 2.24) is 9.66 Å². The second-order valence-corrected chi connectivity index (χ2v) is 9.50. The van der Waals surface area contributed by atoms with Crippen molar-refractivity contribution in [2.45, 2.75) is 9.90 Å². The van der Waals surface area contributed by atoms with Crippen LogP contribution in [0.5, 0.6) is 0 Å². The molecule has 1 aliphatic rings. The number of thiophene rings is 1. The van der Waals surface area contributed by atoms with Crippen molar-refractivity contribution in [3.05, 3.63) is 106 Å². The summed E-state index contributed by atoms with van der Waals surface area (Å²) in [4.78, 5) is 31.8. The predicted molar refractivity (Wildman–Crippen MR) is 125 cm³/mol. The highest BCUT2D eigenvalue weighted by Gasteiger charge is 2.48. The zero-order valence-corrected chi connectivity index (χ0v) is 17.7. The van der Waals surface area contributed by atoms with Crippen LogP contribution in [0, 0.1) is 0 Å². The Morgan fingerprint density at radius 3 is 2.10 bits per heavy atom. The minimum atomic E-state index is -1.05. The summed E-state index contributed by atoms with van der Waals surface area (Å²) in [5, 5.41) is 1.42. The lowest BCUT2D eigenvalue weighted by Gasteiger charge is -2.36. The van der Waals surface area contributed by atoms with E-state index in [0.29, 0.717) is 15.4 Å². The highest BCUT2D eigenvalue weighted by Crippen LogP contribution is 2.48. The monoisotopic (exact) mass is 441 g/mol. The van der Waals surface area contributed by atoms with E-state index in [1.54, 1.807) is 0 Å². The fourth-order valence-electron chi connectivity index (χ4n) is 4.04. The highest BCUT2D eigenvalue weighted by molar-refractivity contribution is 8.01. The molecule has 0 aliphatic carbocycles. The molecule has 5 aromatic rings. The number of aromatic nitrogens is 2. The van der Waals surface area contributed by atoms with E-state index in [2.05, 4.69) is 5.43 Å². The van der Waals surface area contributed by atoms with Crippen molar-refractivity contribution in [2.24, 2.45) is 0 Å². The number of nitrogens with zero attached hydrogens (tertiary/aromatic N) is 2. The summed E-state index contributed by atoms with van der Waals surface area (Å²) in [5.74, 6) is -0.272. The van der Waals surface area contributed by atoms with Gasteiger partial charge in [0.25, 0.3) is 11.5 Å². The van der Waals surface area contributed by atoms with Crippen LogP contribution in [-0.4, -0.2) is 15.6 Å². The highest BCUT2D eigenvalue weighted by atomic mass is 32.2. The molecule has 1 aliphatic heterocycles. The number of benzene rings is 3. The number of amides is 1. The fourth-order valence-corrected chi connectivity index (χ4v) is 6.39. The van der Waals surface area contributed by atoms with Gasteiger partial charge in [-0.15, -0.1) is 11.3 Å². The van der Waals surface area contributed by atoms with Crippen LogP contribution >= 0.6 is 23.1 Å².